The number of pyridine rings is 1. The maximum atomic E-state index is 13.2. The van der Waals surface area contributed by atoms with E-state index in [2.05, 4.69) is 4.98 Å². The highest BCUT2D eigenvalue weighted by molar-refractivity contribution is 7.92. The lowest BCUT2D eigenvalue weighted by Crippen LogP contribution is -2.49. The normalized spacial score (nSPS) is 18.3. The number of nitrogens with zero attached hydrogens (tertiary/aromatic N) is 2. The molecule has 1 atom stereocenters. The molecule has 0 bridgehead atoms. The Bertz CT molecular complexity index is 1210. The third-order valence-corrected chi connectivity index (χ3v) is 8.85. The van der Waals surface area contributed by atoms with E-state index < -0.39 is 59.8 Å². The Labute approximate surface area is 196 Å². The lowest BCUT2D eigenvalue weighted by molar-refractivity contribution is -0.138. The van der Waals surface area contributed by atoms with E-state index in [0.29, 0.717) is 18.3 Å². The molecule has 1 amide bonds. The van der Waals surface area contributed by atoms with Gasteiger partial charge >= 0.3 is 12.4 Å². The Morgan fingerprint density at radius 2 is 1.65 bits per heavy atom. The molecule has 1 aliphatic rings. The predicted molar refractivity (Wildman–Crippen MR) is 112 cm³/mol. The first-order valence-electron chi connectivity index (χ1n) is 9.91. The van der Waals surface area contributed by atoms with Crippen molar-refractivity contribution in [1.29, 1.82) is 0 Å². The van der Waals surface area contributed by atoms with Crippen LogP contribution in [0.25, 0.3) is 0 Å². The van der Waals surface area contributed by atoms with Gasteiger partial charge < -0.3 is 0 Å². The third kappa shape index (κ3) is 4.88. The van der Waals surface area contributed by atoms with E-state index >= 15 is 0 Å². The van der Waals surface area contributed by atoms with Gasteiger partial charge in [0.1, 0.15) is 0 Å². The van der Waals surface area contributed by atoms with E-state index in [1.807, 2.05) is 0 Å². The molecule has 0 N–H and O–H groups in total. The van der Waals surface area contributed by atoms with Gasteiger partial charge in [0, 0.05) is 19.2 Å². The molecule has 0 spiro atoms. The molecular weight excluding hydrogens is 510 g/mol. The van der Waals surface area contributed by atoms with Crippen LogP contribution in [0.15, 0.2) is 41.4 Å². The molecule has 1 aromatic heterocycles. The number of carbonyl (C=O) groups excluding carboxylic acids is 1. The molecule has 186 valence electrons. The first kappa shape index (κ1) is 26.3. The van der Waals surface area contributed by atoms with Crippen molar-refractivity contribution in [2.24, 2.45) is 5.92 Å². The lowest BCUT2D eigenvalue weighted by atomic mass is 9.85. The molecule has 13 heteroatoms. The SMILES string of the molecule is CC(C)([C@H]1CCN(c2ncc(C(F)(F)F)cc2Cl)C(=O)C1)S(=O)(=O)c1cccc(C(F)(F)F)c1. The Morgan fingerprint density at radius 1 is 1.03 bits per heavy atom. The smallest absolute Gasteiger partial charge is 0.296 e. The largest absolute Gasteiger partial charge is 0.417 e. The van der Waals surface area contributed by atoms with E-state index in [-0.39, 0.29) is 25.2 Å². The molecule has 5 nitrogen and oxygen atoms in total. The van der Waals surface area contributed by atoms with Crippen LogP contribution < -0.4 is 4.90 Å². The van der Waals surface area contributed by atoms with Crippen LogP contribution in [0.3, 0.4) is 0 Å². The van der Waals surface area contributed by atoms with Crippen LogP contribution in [0, 0.1) is 5.92 Å². The standard InChI is InChI=1S/C21H19ClF6N2O3S/c1-19(2,34(32,33)15-5-3-4-13(8-15)20(23,24)25)12-6-7-30(17(31)10-12)18-16(22)9-14(11-29-18)21(26,27)28/h3-5,8-9,11-12H,6-7,10H2,1-2H3/t12-/m0/s1. The molecule has 0 unspecified atom stereocenters. The molecule has 0 aliphatic carbocycles. The number of sulfone groups is 1. The van der Waals surface area contributed by atoms with Gasteiger partial charge in [0.05, 0.1) is 25.8 Å². The van der Waals surface area contributed by atoms with Gasteiger partial charge in [0.25, 0.3) is 0 Å². The number of rotatable bonds is 4. The summed E-state index contributed by atoms with van der Waals surface area (Å²) < 4.78 is 103. The number of piperidine rings is 1. The predicted octanol–water partition coefficient (Wildman–Crippen LogP) is 5.77. The van der Waals surface area contributed by atoms with Crippen LogP contribution in [0.5, 0.6) is 0 Å². The zero-order valence-electron chi connectivity index (χ0n) is 17.8. The number of hydrogen-bond donors (Lipinski definition) is 0. The fraction of sp³-hybridized carbons (Fsp3) is 0.429. The Kier molecular flexibility index (Phi) is 6.73. The summed E-state index contributed by atoms with van der Waals surface area (Å²) in [7, 11) is -4.29. The summed E-state index contributed by atoms with van der Waals surface area (Å²) in [5.41, 5.74) is -2.20. The summed E-state index contributed by atoms with van der Waals surface area (Å²) in [6.45, 7) is 2.59. The minimum atomic E-state index is -4.73. The van der Waals surface area contributed by atoms with Crippen LogP contribution in [-0.4, -0.2) is 30.6 Å². The molecule has 1 aromatic carbocycles. The summed E-state index contributed by atoms with van der Waals surface area (Å²) in [5, 5.41) is -0.391. The van der Waals surface area contributed by atoms with Crippen molar-refractivity contribution in [3.05, 3.63) is 52.7 Å². The highest BCUT2D eigenvalue weighted by atomic mass is 35.5. The fourth-order valence-corrected chi connectivity index (χ4v) is 5.85. The van der Waals surface area contributed by atoms with E-state index in [1.54, 1.807) is 0 Å². The summed E-state index contributed by atoms with van der Waals surface area (Å²) in [6, 6.07) is 4.02. The van der Waals surface area contributed by atoms with Gasteiger partial charge in [-0.1, -0.05) is 17.7 Å². The highest BCUT2D eigenvalue weighted by Gasteiger charge is 2.47. The molecular formula is C21H19ClF6N2O3S. The molecule has 34 heavy (non-hydrogen) atoms. The van der Waals surface area contributed by atoms with Gasteiger partial charge in [-0.3, -0.25) is 9.69 Å². The van der Waals surface area contributed by atoms with Crippen LogP contribution in [0.4, 0.5) is 32.2 Å². The first-order chi connectivity index (χ1) is 15.5. The zero-order valence-corrected chi connectivity index (χ0v) is 19.4. The molecule has 3 rings (SSSR count). The highest BCUT2D eigenvalue weighted by Crippen LogP contribution is 2.41. The van der Waals surface area contributed by atoms with Crippen molar-refractivity contribution in [1.82, 2.24) is 4.98 Å². The monoisotopic (exact) mass is 528 g/mol. The summed E-state index contributed by atoms with van der Waals surface area (Å²) in [4.78, 5) is 17.0. The van der Waals surface area contributed by atoms with Gasteiger partial charge in [-0.15, -0.1) is 0 Å². The summed E-state index contributed by atoms with van der Waals surface area (Å²) in [5.74, 6) is -1.57. The fourth-order valence-electron chi connectivity index (χ4n) is 3.80. The molecule has 1 aliphatic heterocycles. The van der Waals surface area contributed by atoms with Crippen molar-refractivity contribution >= 4 is 33.2 Å². The average Bonchev–Trinajstić information content (AvgIpc) is 2.72. The Balaban J connectivity index is 1.85. The van der Waals surface area contributed by atoms with E-state index in [4.69, 9.17) is 11.6 Å². The number of hydrogen-bond acceptors (Lipinski definition) is 4. The second-order valence-corrected chi connectivity index (χ2v) is 11.3. The summed E-state index contributed by atoms with van der Waals surface area (Å²) in [6.07, 6.45) is -9.07. The summed E-state index contributed by atoms with van der Waals surface area (Å²) >= 11 is 5.92. The Hall–Kier alpha value is -2.34. The van der Waals surface area contributed by atoms with Crippen molar-refractivity contribution < 1.29 is 39.6 Å². The molecule has 1 saturated heterocycles. The number of alkyl halides is 6. The number of halogens is 7. The minimum absolute atomic E-state index is 0.0802. The van der Waals surface area contributed by atoms with Crippen LogP contribution in [0.2, 0.25) is 5.02 Å². The maximum absolute atomic E-state index is 13.2. The minimum Gasteiger partial charge on any atom is -0.296 e. The van der Waals surface area contributed by atoms with Gasteiger partial charge in [0.15, 0.2) is 15.7 Å². The molecule has 2 aromatic rings. The van der Waals surface area contributed by atoms with E-state index in [0.717, 1.165) is 23.1 Å². The number of benzene rings is 1. The van der Waals surface area contributed by atoms with Crippen molar-refractivity contribution in [2.75, 3.05) is 11.4 Å². The van der Waals surface area contributed by atoms with Crippen molar-refractivity contribution in [3.8, 4) is 0 Å². The number of amides is 1. The van der Waals surface area contributed by atoms with Gasteiger partial charge in [-0.05, 0) is 50.5 Å². The zero-order chi connectivity index (χ0) is 25.7. The van der Waals surface area contributed by atoms with Gasteiger partial charge in [-0.2, -0.15) is 26.3 Å². The second kappa shape index (κ2) is 8.71. The molecule has 0 radical (unpaired) electrons. The van der Waals surface area contributed by atoms with E-state index in [9.17, 15) is 39.6 Å². The van der Waals surface area contributed by atoms with Gasteiger partial charge in [-0.25, -0.2) is 13.4 Å². The molecule has 1 fully saturated rings. The number of aromatic nitrogens is 1. The third-order valence-electron chi connectivity index (χ3n) is 5.98. The number of carbonyl (C=O) groups is 1. The van der Waals surface area contributed by atoms with Crippen LogP contribution in [-0.2, 0) is 27.0 Å². The van der Waals surface area contributed by atoms with E-state index in [1.165, 1.54) is 13.8 Å². The first-order valence-corrected chi connectivity index (χ1v) is 11.8. The second-order valence-electron chi connectivity index (χ2n) is 8.39. The maximum Gasteiger partial charge on any atom is 0.417 e. The topological polar surface area (TPSA) is 67.3 Å². The lowest BCUT2D eigenvalue weighted by Gasteiger charge is -2.39. The Morgan fingerprint density at radius 3 is 2.18 bits per heavy atom. The van der Waals surface area contributed by atoms with Gasteiger partial charge in [0.2, 0.25) is 5.91 Å². The number of anilines is 1. The van der Waals surface area contributed by atoms with Crippen molar-refractivity contribution in [3.63, 3.8) is 0 Å². The average molecular weight is 529 g/mol. The quantitative estimate of drug-likeness (QED) is 0.473. The van der Waals surface area contributed by atoms with Crippen molar-refractivity contribution in [2.45, 2.75) is 48.7 Å². The molecule has 0 saturated carbocycles. The van der Waals surface area contributed by atoms with Crippen LogP contribution >= 0.6 is 11.6 Å². The molecule has 2 heterocycles. The van der Waals surface area contributed by atoms with Crippen LogP contribution in [0.1, 0.15) is 37.8 Å².